The summed E-state index contributed by atoms with van der Waals surface area (Å²) in [5.41, 5.74) is 1.86. The van der Waals surface area contributed by atoms with Crippen LogP contribution in [0.2, 0.25) is 0 Å². The van der Waals surface area contributed by atoms with Crippen molar-refractivity contribution in [3.63, 3.8) is 0 Å². The van der Waals surface area contributed by atoms with Crippen molar-refractivity contribution in [1.29, 1.82) is 0 Å². The van der Waals surface area contributed by atoms with Crippen LogP contribution in [0.15, 0.2) is 18.2 Å². The van der Waals surface area contributed by atoms with Crippen molar-refractivity contribution in [3.05, 3.63) is 34.9 Å². The van der Waals surface area contributed by atoms with Gasteiger partial charge in [0.25, 0.3) is 0 Å². The Morgan fingerprint density at radius 2 is 1.57 bits per heavy atom. The number of methoxy groups -OCH3 is 1. The van der Waals surface area contributed by atoms with Crippen LogP contribution in [-0.4, -0.2) is 42.0 Å². The van der Waals surface area contributed by atoms with Gasteiger partial charge in [-0.2, -0.15) is 0 Å². The van der Waals surface area contributed by atoms with Crippen LogP contribution in [0, 0.1) is 12.8 Å². The molecule has 6 nitrogen and oxygen atoms in total. The number of carbonyl (C=O) groups excluding carboxylic acids is 2. The quantitative estimate of drug-likeness (QED) is 0.688. The third-order valence-electron chi connectivity index (χ3n) is 3.50. The Hall–Kier alpha value is -2.37. The molecule has 1 aromatic carbocycles. The highest BCUT2D eigenvalue weighted by Gasteiger charge is 2.21. The highest BCUT2D eigenvalue weighted by Crippen LogP contribution is 2.16. The molecule has 1 atom stereocenters. The maximum Gasteiger partial charge on any atom is 0.335 e. The van der Waals surface area contributed by atoms with Gasteiger partial charge in [0.1, 0.15) is 0 Å². The fourth-order valence-corrected chi connectivity index (χ4v) is 2.11. The molecule has 0 bridgehead atoms. The highest BCUT2D eigenvalue weighted by atomic mass is 16.5. The van der Waals surface area contributed by atoms with Gasteiger partial charge in [-0.15, -0.1) is 0 Å². The third-order valence-corrected chi connectivity index (χ3v) is 3.50. The molecular formula is C22H39NO5. The van der Waals surface area contributed by atoms with Gasteiger partial charge in [-0.05, 0) is 30.2 Å². The summed E-state index contributed by atoms with van der Waals surface area (Å²) in [7, 11) is 2.91. The molecule has 1 amide bonds. The minimum absolute atomic E-state index is 0.0216. The number of hydrogen-bond acceptors (Lipinski definition) is 4. The zero-order chi connectivity index (χ0) is 22.9. The van der Waals surface area contributed by atoms with Crippen molar-refractivity contribution in [2.24, 2.45) is 5.92 Å². The normalized spacial score (nSPS) is 9.79. The van der Waals surface area contributed by atoms with Gasteiger partial charge in [0.2, 0.25) is 5.91 Å². The number of hydrogen-bond donors (Lipinski definition) is 1. The van der Waals surface area contributed by atoms with Gasteiger partial charge in [0.05, 0.1) is 19.1 Å². The second-order valence-corrected chi connectivity index (χ2v) is 5.32. The maximum absolute atomic E-state index is 12.2. The monoisotopic (exact) mass is 397 g/mol. The summed E-state index contributed by atoms with van der Waals surface area (Å²) in [6.07, 6.45) is 0.0216. The van der Waals surface area contributed by atoms with E-state index in [0.29, 0.717) is 0 Å². The Balaban J connectivity index is -0.000000946. The number of carbonyl (C=O) groups is 3. The Kier molecular flexibility index (Phi) is 19.5. The second-order valence-electron chi connectivity index (χ2n) is 5.32. The van der Waals surface area contributed by atoms with E-state index in [4.69, 9.17) is 5.11 Å². The molecule has 0 saturated carbocycles. The van der Waals surface area contributed by atoms with Crippen molar-refractivity contribution < 1.29 is 24.2 Å². The number of amides is 1. The third kappa shape index (κ3) is 11.4. The van der Waals surface area contributed by atoms with Gasteiger partial charge in [0.15, 0.2) is 0 Å². The number of esters is 1. The molecule has 0 radical (unpaired) electrons. The van der Waals surface area contributed by atoms with E-state index in [-0.39, 0.29) is 24.4 Å². The molecule has 0 heterocycles. The van der Waals surface area contributed by atoms with E-state index in [2.05, 4.69) is 4.74 Å². The standard InChI is InChI=1S/C16H21NO5.3C2H6/c1-10-5-6-12(16(20)21)8-13(10)9-17(3)15(19)11(2)7-14(18)22-4;3*1-2/h5-6,8,11H,7,9H2,1-4H3,(H,20,21);3*1-2H3. The minimum atomic E-state index is -1.01. The van der Waals surface area contributed by atoms with Crippen LogP contribution >= 0.6 is 0 Å². The topological polar surface area (TPSA) is 83.9 Å². The molecule has 1 unspecified atom stereocenters. The van der Waals surface area contributed by atoms with Crippen molar-refractivity contribution in [1.82, 2.24) is 4.90 Å². The summed E-state index contributed by atoms with van der Waals surface area (Å²) in [6, 6.07) is 4.81. The molecule has 0 spiro atoms. The van der Waals surface area contributed by atoms with E-state index < -0.39 is 17.9 Å². The van der Waals surface area contributed by atoms with Gasteiger partial charge >= 0.3 is 11.9 Å². The number of aromatic carboxylic acids is 1. The summed E-state index contributed by atoms with van der Waals surface area (Å²) in [5, 5.41) is 9.03. The van der Waals surface area contributed by atoms with E-state index in [1.165, 1.54) is 18.1 Å². The molecule has 0 aliphatic carbocycles. The molecule has 0 aliphatic rings. The first-order valence-electron chi connectivity index (χ1n) is 9.90. The molecule has 0 aliphatic heterocycles. The summed E-state index contributed by atoms with van der Waals surface area (Å²) < 4.78 is 4.56. The van der Waals surface area contributed by atoms with E-state index in [0.717, 1.165) is 11.1 Å². The predicted molar refractivity (Wildman–Crippen MR) is 114 cm³/mol. The number of nitrogens with zero attached hydrogens (tertiary/aromatic N) is 1. The zero-order valence-electron chi connectivity index (χ0n) is 19.3. The minimum Gasteiger partial charge on any atom is -0.478 e. The van der Waals surface area contributed by atoms with Gasteiger partial charge in [0, 0.05) is 19.5 Å². The van der Waals surface area contributed by atoms with Crippen LogP contribution in [-0.2, 0) is 20.9 Å². The molecule has 1 N–H and O–H groups in total. The molecule has 1 aromatic rings. The van der Waals surface area contributed by atoms with Gasteiger partial charge in [-0.3, -0.25) is 9.59 Å². The van der Waals surface area contributed by atoms with E-state index in [1.807, 2.05) is 48.5 Å². The average molecular weight is 398 g/mol. The smallest absolute Gasteiger partial charge is 0.335 e. The lowest BCUT2D eigenvalue weighted by Crippen LogP contribution is -2.32. The van der Waals surface area contributed by atoms with Crippen LogP contribution in [0.25, 0.3) is 0 Å². The first-order valence-corrected chi connectivity index (χ1v) is 9.90. The number of rotatable bonds is 6. The molecule has 1 rings (SSSR count). The second kappa shape index (κ2) is 18.0. The Bertz CT molecular complexity index is 584. The number of ether oxygens (including phenoxy) is 1. The number of carboxylic acids is 1. The summed E-state index contributed by atoms with van der Waals surface area (Å²) in [6.45, 7) is 15.8. The van der Waals surface area contributed by atoms with Gasteiger partial charge < -0.3 is 14.7 Å². The van der Waals surface area contributed by atoms with Gasteiger partial charge in [-0.1, -0.05) is 54.5 Å². The van der Waals surface area contributed by atoms with Crippen LogP contribution in [0.5, 0.6) is 0 Å². The Labute approximate surface area is 170 Å². The maximum atomic E-state index is 12.2. The fourth-order valence-electron chi connectivity index (χ4n) is 2.11. The molecule has 0 saturated heterocycles. The largest absolute Gasteiger partial charge is 0.478 e. The SMILES string of the molecule is CC.CC.CC.COC(=O)CC(C)C(=O)N(C)Cc1cc(C(=O)O)ccc1C. The van der Waals surface area contributed by atoms with E-state index in [1.54, 1.807) is 26.1 Å². The number of aryl methyl sites for hydroxylation is 1. The first-order chi connectivity index (χ1) is 13.3. The van der Waals surface area contributed by atoms with Crippen molar-refractivity contribution in [2.75, 3.05) is 14.2 Å². The average Bonchev–Trinajstić information content (AvgIpc) is 2.73. The van der Waals surface area contributed by atoms with Crippen LogP contribution < -0.4 is 0 Å². The lowest BCUT2D eigenvalue weighted by atomic mass is 10.0. The van der Waals surface area contributed by atoms with Crippen LogP contribution in [0.4, 0.5) is 0 Å². The zero-order valence-corrected chi connectivity index (χ0v) is 19.3. The number of carboxylic acid groups (broad SMARTS) is 1. The van der Waals surface area contributed by atoms with E-state index >= 15 is 0 Å². The fraction of sp³-hybridized carbons (Fsp3) is 0.591. The summed E-state index contributed by atoms with van der Waals surface area (Å²) in [5.74, 6) is -2.11. The molecule has 162 valence electrons. The molecule has 28 heavy (non-hydrogen) atoms. The Morgan fingerprint density at radius 1 is 1.07 bits per heavy atom. The lowest BCUT2D eigenvalue weighted by molar-refractivity contribution is -0.146. The van der Waals surface area contributed by atoms with Crippen molar-refractivity contribution in [3.8, 4) is 0 Å². The highest BCUT2D eigenvalue weighted by molar-refractivity contribution is 5.88. The molecule has 0 fully saturated rings. The predicted octanol–water partition coefficient (Wildman–Crippen LogP) is 4.93. The lowest BCUT2D eigenvalue weighted by Gasteiger charge is -2.22. The van der Waals surface area contributed by atoms with Crippen molar-refractivity contribution in [2.45, 2.75) is 68.4 Å². The van der Waals surface area contributed by atoms with Crippen LogP contribution in [0.1, 0.15) is 76.4 Å². The summed E-state index contributed by atoms with van der Waals surface area (Å²) in [4.78, 5) is 36.0. The van der Waals surface area contributed by atoms with Crippen molar-refractivity contribution >= 4 is 17.8 Å². The Morgan fingerprint density at radius 3 is 2.00 bits per heavy atom. The molecular weight excluding hydrogens is 358 g/mol. The first kappa shape index (κ1) is 30.4. The number of benzene rings is 1. The van der Waals surface area contributed by atoms with Crippen LogP contribution in [0.3, 0.4) is 0 Å². The van der Waals surface area contributed by atoms with Gasteiger partial charge in [-0.25, -0.2) is 4.79 Å². The van der Waals surface area contributed by atoms with E-state index in [9.17, 15) is 14.4 Å². The summed E-state index contributed by atoms with van der Waals surface area (Å²) >= 11 is 0. The molecule has 6 heteroatoms. The molecule has 0 aromatic heterocycles.